The van der Waals surface area contributed by atoms with Crippen LogP contribution in [0.3, 0.4) is 0 Å². The molecule has 1 aliphatic rings. The number of nitrogens with zero attached hydrogens (tertiary/aromatic N) is 2. The van der Waals surface area contributed by atoms with Crippen LogP contribution in [0.25, 0.3) is 0 Å². The number of nitrogens with two attached hydrogens (primary N) is 1. The van der Waals surface area contributed by atoms with Crippen molar-refractivity contribution < 1.29 is 10.0 Å². The molecule has 0 atom stereocenters. The highest BCUT2D eigenvalue weighted by Crippen LogP contribution is 2.45. The van der Waals surface area contributed by atoms with Gasteiger partial charge in [-0.25, -0.2) is 4.98 Å². The first kappa shape index (κ1) is 13.8. The molecular weight excluding hydrogens is 264 g/mol. The molecule has 1 saturated carbocycles. The normalized spacial score (nSPS) is 26.8. The summed E-state index contributed by atoms with van der Waals surface area (Å²) >= 11 is 1.54. The second-order valence-corrected chi connectivity index (χ2v) is 6.43. The fraction of sp³-hybridized carbons (Fsp3) is 0.583. The predicted molar refractivity (Wildman–Crippen MR) is 72.9 cm³/mol. The van der Waals surface area contributed by atoms with Gasteiger partial charge in [-0.1, -0.05) is 12.1 Å². The fourth-order valence-electron chi connectivity index (χ4n) is 2.56. The van der Waals surface area contributed by atoms with Gasteiger partial charge >= 0.3 is 0 Å². The maximum atomic E-state index is 12.3. The second kappa shape index (κ2) is 5.16. The van der Waals surface area contributed by atoms with Gasteiger partial charge in [-0.2, -0.15) is 0 Å². The summed E-state index contributed by atoms with van der Waals surface area (Å²) < 4.78 is 0. The molecular formula is C12H18N4O2S. The van der Waals surface area contributed by atoms with E-state index in [1.807, 2.05) is 13.8 Å². The smallest absolute Gasteiger partial charge is 0.234 e. The Labute approximate surface area is 115 Å². The van der Waals surface area contributed by atoms with Crippen LogP contribution in [0.15, 0.2) is 11.4 Å². The van der Waals surface area contributed by atoms with Gasteiger partial charge in [-0.15, -0.1) is 11.3 Å². The topological polar surface area (TPSA) is 101 Å². The lowest BCUT2D eigenvalue weighted by molar-refractivity contribution is -0.133. The lowest BCUT2D eigenvalue weighted by atomic mass is 9.61. The SMILES string of the molecule is Cc1ncc(CNC(=O)C2(C(N)=NO)CC(C)C2)s1. The van der Waals surface area contributed by atoms with E-state index < -0.39 is 5.41 Å². The van der Waals surface area contributed by atoms with E-state index in [4.69, 9.17) is 10.9 Å². The van der Waals surface area contributed by atoms with Gasteiger partial charge in [0.2, 0.25) is 5.91 Å². The van der Waals surface area contributed by atoms with Crippen molar-refractivity contribution in [3.8, 4) is 0 Å². The number of amidine groups is 1. The number of thiazole rings is 1. The first-order valence-electron chi connectivity index (χ1n) is 6.15. The Balaban J connectivity index is 2.01. The third-order valence-electron chi connectivity index (χ3n) is 3.52. The van der Waals surface area contributed by atoms with E-state index >= 15 is 0 Å². The minimum Gasteiger partial charge on any atom is -0.409 e. The highest BCUT2D eigenvalue weighted by molar-refractivity contribution is 7.11. The summed E-state index contributed by atoms with van der Waals surface area (Å²) in [4.78, 5) is 17.4. The van der Waals surface area contributed by atoms with Crippen LogP contribution in [-0.4, -0.2) is 21.9 Å². The predicted octanol–water partition coefficient (Wildman–Crippen LogP) is 1.23. The van der Waals surface area contributed by atoms with E-state index in [1.54, 1.807) is 17.5 Å². The molecule has 0 bridgehead atoms. The minimum absolute atomic E-state index is 0.00332. The number of aromatic nitrogens is 1. The molecule has 1 amide bonds. The van der Waals surface area contributed by atoms with Crippen LogP contribution >= 0.6 is 11.3 Å². The van der Waals surface area contributed by atoms with E-state index in [2.05, 4.69) is 15.5 Å². The molecule has 4 N–H and O–H groups in total. The average molecular weight is 282 g/mol. The number of hydrogen-bond acceptors (Lipinski definition) is 5. The van der Waals surface area contributed by atoms with Gasteiger partial charge in [0.15, 0.2) is 5.84 Å². The summed E-state index contributed by atoms with van der Waals surface area (Å²) in [6, 6.07) is 0. The Morgan fingerprint density at radius 2 is 2.42 bits per heavy atom. The maximum Gasteiger partial charge on any atom is 0.234 e. The van der Waals surface area contributed by atoms with E-state index in [1.165, 1.54) is 0 Å². The van der Waals surface area contributed by atoms with E-state index in [0.717, 1.165) is 9.88 Å². The van der Waals surface area contributed by atoms with Crippen molar-refractivity contribution in [2.75, 3.05) is 0 Å². The molecule has 0 radical (unpaired) electrons. The molecule has 104 valence electrons. The number of carbonyl (C=O) groups excluding carboxylic acids is 1. The summed E-state index contributed by atoms with van der Waals surface area (Å²) in [6.45, 7) is 4.39. The Hall–Kier alpha value is -1.63. The van der Waals surface area contributed by atoms with Crippen molar-refractivity contribution in [1.82, 2.24) is 10.3 Å². The number of amides is 1. The molecule has 2 rings (SSSR count). The van der Waals surface area contributed by atoms with Crippen LogP contribution < -0.4 is 11.1 Å². The molecule has 6 nitrogen and oxygen atoms in total. The Bertz CT molecular complexity index is 506. The minimum atomic E-state index is -0.839. The van der Waals surface area contributed by atoms with Crippen molar-refractivity contribution in [1.29, 1.82) is 0 Å². The molecule has 0 spiro atoms. The number of rotatable bonds is 4. The van der Waals surface area contributed by atoms with Crippen LogP contribution in [-0.2, 0) is 11.3 Å². The fourth-order valence-corrected chi connectivity index (χ4v) is 3.29. The Kier molecular flexibility index (Phi) is 3.75. The summed E-state index contributed by atoms with van der Waals surface area (Å²) in [5.74, 6) is 0.243. The summed E-state index contributed by atoms with van der Waals surface area (Å²) in [6.07, 6.45) is 2.99. The van der Waals surface area contributed by atoms with Gasteiger partial charge in [0.25, 0.3) is 0 Å². The van der Waals surface area contributed by atoms with Crippen LogP contribution in [0, 0.1) is 18.3 Å². The van der Waals surface area contributed by atoms with Crippen LogP contribution in [0.4, 0.5) is 0 Å². The van der Waals surface area contributed by atoms with Crippen LogP contribution in [0.5, 0.6) is 0 Å². The third-order valence-corrected chi connectivity index (χ3v) is 4.43. The van der Waals surface area contributed by atoms with Gasteiger partial charge < -0.3 is 16.3 Å². The molecule has 19 heavy (non-hydrogen) atoms. The van der Waals surface area contributed by atoms with Gasteiger partial charge in [-0.05, 0) is 25.7 Å². The molecule has 1 fully saturated rings. The quantitative estimate of drug-likeness (QED) is 0.334. The number of nitrogens with one attached hydrogen (secondary N) is 1. The number of aryl methyl sites for hydroxylation is 1. The first-order valence-corrected chi connectivity index (χ1v) is 6.97. The lowest BCUT2D eigenvalue weighted by Crippen LogP contribution is -2.56. The molecule has 0 aromatic carbocycles. The standard InChI is InChI=1S/C12H18N4O2S/c1-7-3-12(4-7,10(13)16-18)11(17)15-6-9-5-14-8(2)19-9/h5,7,18H,3-4,6H2,1-2H3,(H2,13,16)(H,15,17). The zero-order valence-electron chi connectivity index (χ0n) is 11.0. The van der Waals surface area contributed by atoms with Gasteiger partial charge in [-0.3, -0.25) is 4.79 Å². The van der Waals surface area contributed by atoms with E-state index in [-0.39, 0.29) is 11.7 Å². The average Bonchev–Trinajstić information content (AvgIpc) is 2.76. The number of carbonyl (C=O) groups is 1. The largest absolute Gasteiger partial charge is 0.409 e. The van der Waals surface area contributed by atoms with Gasteiger partial charge in [0, 0.05) is 11.1 Å². The molecule has 0 aliphatic heterocycles. The summed E-state index contributed by atoms with van der Waals surface area (Å²) in [7, 11) is 0. The monoisotopic (exact) mass is 282 g/mol. The molecule has 0 unspecified atom stereocenters. The molecule has 1 heterocycles. The molecule has 0 saturated heterocycles. The van der Waals surface area contributed by atoms with Crippen LogP contribution in [0.2, 0.25) is 0 Å². The Morgan fingerprint density at radius 1 is 1.74 bits per heavy atom. The zero-order valence-corrected chi connectivity index (χ0v) is 11.8. The maximum absolute atomic E-state index is 12.3. The summed E-state index contributed by atoms with van der Waals surface area (Å²) in [5, 5.41) is 15.7. The molecule has 1 aliphatic carbocycles. The van der Waals surface area contributed by atoms with Crippen molar-refractivity contribution >= 4 is 23.1 Å². The summed E-state index contributed by atoms with van der Waals surface area (Å²) in [5.41, 5.74) is 4.84. The van der Waals surface area contributed by atoms with E-state index in [9.17, 15) is 4.79 Å². The van der Waals surface area contributed by atoms with E-state index in [0.29, 0.717) is 25.3 Å². The molecule has 1 aromatic heterocycles. The van der Waals surface area contributed by atoms with Crippen molar-refractivity contribution in [3.05, 3.63) is 16.1 Å². The lowest BCUT2D eigenvalue weighted by Gasteiger charge is -2.43. The van der Waals surface area contributed by atoms with Crippen molar-refractivity contribution in [2.24, 2.45) is 22.2 Å². The van der Waals surface area contributed by atoms with Gasteiger partial charge in [0.05, 0.1) is 11.6 Å². The van der Waals surface area contributed by atoms with Crippen LogP contribution in [0.1, 0.15) is 29.7 Å². The highest BCUT2D eigenvalue weighted by atomic mass is 32.1. The third kappa shape index (κ3) is 2.56. The second-order valence-electron chi connectivity index (χ2n) is 5.11. The van der Waals surface area contributed by atoms with Gasteiger partial charge in [0.1, 0.15) is 5.41 Å². The van der Waals surface area contributed by atoms with Crippen molar-refractivity contribution in [3.63, 3.8) is 0 Å². The number of oxime groups is 1. The molecule has 7 heteroatoms. The molecule has 1 aromatic rings. The van der Waals surface area contributed by atoms with Crippen molar-refractivity contribution in [2.45, 2.75) is 33.2 Å². The Morgan fingerprint density at radius 3 is 2.89 bits per heavy atom. The first-order chi connectivity index (χ1) is 8.98. The zero-order chi connectivity index (χ0) is 14.0. The highest BCUT2D eigenvalue weighted by Gasteiger charge is 2.52. The number of hydrogen-bond donors (Lipinski definition) is 3.